The maximum atomic E-state index is 5.91. The van der Waals surface area contributed by atoms with Gasteiger partial charge in [-0.2, -0.15) is 0 Å². The first-order valence-electron chi connectivity index (χ1n) is 7.05. The van der Waals surface area contributed by atoms with Gasteiger partial charge in [-0.05, 0) is 53.8 Å². The third kappa shape index (κ3) is 3.14. The first-order valence-corrected chi connectivity index (χ1v) is 7.42. The Balaban J connectivity index is 1.61. The SMILES string of the molecule is Nc1ccc2c(c1)CN(CCc1ccc(Cl)cc1)CC2. The lowest BCUT2D eigenvalue weighted by Gasteiger charge is -2.29. The lowest BCUT2D eigenvalue weighted by molar-refractivity contribution is 0.257. The summed E-state index contributed by atoms with van der Waals surface area (Å²) in [4.78, 5) is 2.50. The zero-order valence-electron chi connectivity index (χ0n) is 11.5. The molecule has 0 saturated carbocycles. The summed E-state index contributed by atoms with van der Waals surface area (Å²) in [6, 6.07) is 14.4. The predicted octanol–water partition coefficient (Wildman–Crippen LogP) is 3.52. The van der Waals surface area contributed by atoms with Crippen molar-refractivity contribution in [3.63, 3.8) is 0 Å². The minimum absolute atomic E-state index is 0.802. The van der Waals surface area contributed by atoms with E-state index in [2.05, 4.69) is 29.2 Å². The summed E-state index contributed by atoms with van der Waals surface area (Å²) in [7, 11) is 0. The molecule has 0 amide bonds. The summed E-state index contributed by atoms with van der Waals surface area (Å²) in [6.07, 6.45) is 2.19. The van der Waals surface area contributed by atoms with Crippen LogP contribution in [0, 0.1) is 0 Å². The van der Waals surface area contributed by atoms with E-state index in [-0.39, 0.29) is 0 Å². The van der Waals surface area contributed by atoms with E-state index in [1.807, 2.05) is 18.2 Å². The minimum Gasteiger partial charge on any atom is -0.399 e. The molecular formula is C17H19ClN2. The van der Waals surface area contributed by atoms with Crippen molar-refractivity contribution in [3.8, 4) is 0 Å². The topological polar surface area (TPSA) is 29.3 Å². The summed E-state index contributed by atoms with van der Waals surface area (Å²) in [5.74, 6) is 0. The van der Waals surface area contributed by atoms with Crippen LogP contribution in [0.3, 0.4) is 0 Å². The molecule has 3 rings (SSSR count). The molecule has 1 heterocycles. The van der Waals surface area contributed by atoms with E-state index in [0.717, 1.165) is 43.2 Å². The number of nitrogen functional groups attached to an aromatic ring is 1. The van der Waals surface area contributed by atoms with E-state index in [1.165, 1.54) is 16.7 Å². The quantitative estimate of drug-likeness (QED) is 0.875. The fourth-order valence-electron chi connectivity index (χ4n) is 2.76. The molecule has 0 aliphatic carbocycles. The largest absolute Gasteiger partial charge is 0.399 e. The van der Waals surface area contributed by atoms with Crippen LogP contribution in [0.2, 0.25) is 5.02 Å². The Morgan fingerprint density at radius 2 is 1.85 bits per heavy atom. The third-order valence-electron chi connectivity index (χ3n) is 3.95. The lowest BCUT2D eigenvalue weighted by Crippen LogP contribution is -2.32. The van der Waals surface area contributed by atoms with E-state index in [0.29, 0.717) is 0 Å². The van der Waals surface area contributed by atoms with E-state index in [9.17, 15) is 0 Å². The van der Waals surface area contributed by atoms with Gasteiger partial charge < -0.3 is 5.73 Å². The standard InChI is InChI=1S/C17H19ClN2/c18-16-4-1-13(2-5-16)7-9-20-10-8-14-3-6-17(19)11-15(14)12-20/h1-6,11H,7-10,12,19H2. The molecule has 2 nitrogen and oxygen atoms in total. The van der Waals surface area contributed by atoms with Crippen LogP contribution in [0.5, 0.6) is 0 Å². The Morgan fingerprint density at radius 3 is 2.65 bits per heavy atom. The molecule has 0 bridgehead atoms. The molecule has 2 aromatic carbocycles. The maximum Gasteiger partial charge on any atom is 0.0406 e. The first-order chi connectivity index (χ1) is 9.70. The Bertz CT molecular complexity index is 592. The number of rotatable bonds is 3. The third-order valence-corrected chi connectivity index (χ3v) is 4.20. The highest BCUT2D eigenvalue weighted by Gasteiger charge is 2.15. The predicted molar refractivity (Wildman–Crippen MR) is 85.0 cm³/mol. The average Bonchev–Trinajstić information content (AvgIpc) is 2.46. The molecule has 0 fully saturated rings. The number of halogens is 1. The Kier molecular flexibility index (Phi) is 3.95. The Labute approximate surface area is 125 Å². The molecule has 0 radical (unpaired) electrons. The van der Waals surface area contributed by atoms with Crippen molar-refractivity contribution in [2.75, 3.05) is 18.8 Å². The van der Waals surface area contributed by atoms with Crippen LogP contribution in [0.4, 0.5) is 5.69 Å². The second-order valence-corrected chi connectivity index (χ2v) is 5.87. The smallest absolute Gasteiger partial charge is 0.0406 e. The fourth-order valence-corrected chi connectivity index (χ4v) is 2.89. The molecule has 1 aliphatic rings. The zero-order valence-corrected chi connectivity index (χ0v) is 12.2. The van der Waals surface area contributed by atoms with Gasteiger partial charge in [0.15, 0.2) is 0 Å². The highest BCUT2D eigenvalue weighted by molar-refractivity contribution is 6.30. The van der Waals surface area contributed by atoms with Gasteiger partial charge in [-0.25, -0.2) is 0 Å². The van der Waals surface area contributed by atoms with Crippen molar-refractivity contribution < 1.29 is 0 Å². The van der Waals surface area contributed by atoms with E-state index in [4.69, 9.17) is 17.3 Å². The summed E-state index contributed by atoms with van der Waals surface area (Å²) < 4.78 is 0. The maximum absolute atomic E-state index is 5.91. The second-order valence-electron chi connectivity index (χ2n) is 5.43. The van der Waals surface area contributed by atoms with Gasteiger partial charge in [-0.1, -0.05) is 29.8 Å². The van der Waals surface area contributed by atoms with Crippen molar-refractivity contribution >= 4 is 17.3 Å². The van der Waals surface area contributed by atoms with Crippen LogP contribution in [-0.4, -0.2) is 18.0 Å². The molecule has 0 aromatic heterocycles. The summed E-state index contributed by atoms with van der Waals surface area (Å²) in [5.41, 5.74) is 10.9. The van der Waals surface area contributed by atoms with Crippen molar-refractivity contribution in [2.24, 2.45) is 0 Å². The highest BCUT2D eigenvalue weighted by Crippen LogP contribution is 2.21. The lowest BCUT2D eigenvalue weighted by atomic mass is 9.99. The van der Waals surface area contributed by atoms with E-state index < -0.39 is 0 Å². The fraction of sp³-hybridized carbons (Fsp3) is 0.294. The number of fused-ring (bicyclic) bond motifs is 1. The molecule has 1 aliphatic heterocycles. The Morgan fingerprint density at radius 1 is 1.05 bits per heavy atom. The van der Waals surface area contributed by atoms with E-state index >= 15 is 0 Å². The molecule has 0 saturated heterocycles. The van der Waals surface area contributed by atoms with Gasteiger partial charge >= 0.3 is 0 Å². The molecule has 3 heteroatoms. The van der Waals surface area contributed by atoms with Crippen molar-refractivity contribution in [1.82, 2.24) is 4.90 Å². The van der Waals surface area contributed by atoms with Crippen LogP contribution < -0.4 is 5.73 Å². The van der Waals surface area contributed by atoms with Gasteiger partial charge in [0, 0.05) is 30.3 Å². The van der Waals surface area contributed by atoms with Gasteiger partial charge in [-0.15, -0.1) is 0 Å². The zero-order chi connectivity index (χ0) is 13.9. The molecule has 2 aromatic rings. The molecule has 0 spiro atoms. The van der Waals surface area contributed by atoms with Crippen molar-refractivity contribution in [2.45, 2.75) is 19.4 Å². The molecular weight excluding hydrogens is 268 g/mol. The summed E-state index contributed by atoms with van der Waals surface area (Å²) in [5, 5.41) is 0.802. The van der Waals surface area contributed by atoms with Crippen LogP contribution in [-0.2, 0) is 19.4 Å². The van der Waals surface area contributed by atoms with Crippen molar-refractivity contribution in [3.05, 3.63) is 64.2 Å². The number of hydrogen-bond donors (Lipinski definition) is 1. The number of nitrogens with two attached hydrogens (primary N) is 1. The molecule has 0 atom stereocenters. The number of nitrogens with zero attached hydrogens (tertiary/aromatic N) is 1. The number of hydrogen-bond acceptors (Lipinski definition) is 2. The first kappa shape index (κ1) is 13.5. The number of benzene rings is 2. The van der Waals surface area contributed by atoms with Gasteiger partial charge in [0.2, 0.25) is 0 Å². The molecule has 0 unspecified atom stereocenters. The van der Waals surface area contributed by atoms with Gasteiger partial charge in [0.05, 0.1) is 0 Å². The molecule has 20 heavy (non-hydrogen) atoms. The van der Waals surface area contributed by atoms with Crippen LogP contribution in [0.15, 0.2) is 42.5 Å². The van der Waals surface area contributed by atoms with E-state index in [1.54, 1.807) is 0 Å². The van der Waals surface area contributed by atoms with Crippen LogP contribution in [0.25, 0.3) is 0 Å². The minimum atomic E-state index is 0.802. The second kappa shape index (κ2) is 5.86. The van der Waals surface area contributed by atoms with Gasteiger partial charge in [0.25, 0.3) is 0 Å². The summed E-state index contributed by atoms with van der Waals surface area (Å²) >= 11 is 5.91. The molecule has 104 valence electrons. The normalized spacial score (nSPS) is 15.1. The van der Waals surface area contributed by atoms with Crippen LogP contribution >= 0.6 is 11.6 Å². The van der Waals surface area contributed by atoms with Gasteiger partial charge in [-0.3, -0.25) is 4.90 Å². The monoisotopic (exact) mass is 286 g/mol. The summed E-state index contributed by atoms with van der Waals surface area (Å²) in [6.45, 7) is 3.22. The highest BCUT2D eigenvalue weighted by atomic mass is 35.5. The van der Waals surface area contributed by atoms with Crippen LogP contribution in [0.1, 0.15) is 16.7 Å². The van der Waals surface area contributed by atoms with Crippen molar-refractivity contribution in [1.29, 1.82) is 0 Å². The number of anilines is 1. The molecule has 2 N–H and O–H groups in total. The Hall–Kier alpha value is -1.51. The average molecular weight is 287 g/mol. The van der Waals surface area contributed by atoms with Gasteiger partial charge in [0.1, 0.15) is 0 Å².